The maximum atomic E-state index is 12.1. The van der Waals surface area contributed by atoms with E-state index in [1.807, 2.05) is 38.1 Å². The van der Waals surface area contributed by atoms with Gasteiger partial charge in [0, 0.05) is 6.54 Å². The molecule has 0 heterocycles. The molecule has 1 unspecified atom stereocenters. The average molecular weight is 278 g/mol. The molecule has 0 saturated heterocycles. The smallest absolute Gasteiger partial charge is 0.224 e. The highest BCUT2D eigenvalue weighted by atomic mass is 16.5. The van der Waals surface area contributed by atoms with Crippen LogP contribution in [0.15, 0.2) is 24.3 Å². The maximum Gasteiger partial charge on any atom is 0.224 e. The SMILES string of the molecule is CCOc1ccc(CC(=O)NC(C)(CN)C(C)C)cc1. The molecule has 0 radical (unpaired) electrons. The molecule has 0 aliphatic carbocycles. The van der Waals surface area contributed by atoms with Crippen LogP contribution in [0.4, 0.5) is 0 Å². The normalized spacial score (nSPS) is 13.9. The number of rotatable bonds is 7. The van der Waals surface area contributed by atoms with Gasteiger partial charge < -0.3 is 15.8 Å². The molecular weight excluding hydrogens is 252 g/mol. The lowest BCUT2D eigenvalue weighted by atomic mass is 9.88. The zero-order chi connectivity index (χ0) is 15.2. The molecule has 0 saturated carbocycles. The predicted molar refractivity (Wildman–Crippen MR) is 81.8 cm³/mol. The van der Waals surface area contributed by atoms with Crippen molar-refractivity contribution in [3.63, 3.8) is 0 Å². The predicted octanol–water partition coefficient (Wildman–Crippen LogP) is 2.12. The standard InChI is InChI=1S/C16H26N2O2/c1-5-20-14-8-6-13(7-9-14)10-15(19)18-16(4,11-17)12(2)3/h6-9,12H,5,10-11,17H2,1-4H3,(H,18,19). The summed E-state index contributed by atoms with van der Waals surface area (Å²) >= 11 is 0. The van der Waals surface area contributed by atoms with E-state index in [0.717, 1.165) is 11.3 Å². The van der Waals surface area contributed by atoms with Gasteiger partial charge in [-0.3, -0.25) is 4.79 Å². The van der Waals surface area contributed by atoms with Crippen molar-refractivity contribution in [2.24, 2.45) is 11.7 Å². The number of nitrogens with two attached hydrogens (primary N) is 1. The number of carbonyl (C=O) groups is 1. The first-order valence-electron chi connectivity index (χ1n) is 7.14. The molecule has 112 valence electrons. The van der Waals surface area contributed by atoms with E-state index in [1.165, 1.54) is 0 Å². The summed E-state index contributed by atoms with van der Waals surface area (Å²) in [7, 11) is 0. The molecule has 4 nitrogen and oxygen atoms in total. The van der Waals surface area contributed by atoms with Crippen LogP contribution in [0.1, 0.15) is 33.3 Å². The lowest BCUT2D eigenvalue weighted by Gasteiger charge is -2.33. The number of amides is 1. The first kappa shape index (κ1) is 16.5. The van der Waals surface area contributed by atoms with Gasteiger partial charge in [0.1, 0.15) is 5.75 Å². The molecule has 3 N–H and O–H groups in total. The fraction of sp³-hybridized carbons (Fsp3) is 0.562. The zero-order valence-electron chi connectivity index (χ0n) is 12.9. The topological polar surface area (TPSA) is 64.3 Å². The molecule has 0 fully saturated rings. The van der Waals surface area contributed by atoms with E-state index < -0.39 is 0 Å². The molecule has 0 bridgehead atoms. The number of carbonyl (C=O) groups excluding carboxylic acids is 1. The Labute approximate surface area is 121 Å². The largest absolute Gasteiger partial charge is 0.494 e. The Kier molecular flexibility index (Phi) is 6.02. The molecule has 20 heavy (non-hydrogen) atoms. The number of hydrogen-bond acceptors (Lipinski definition) is 3. The van der Waals surface area contributed by atoms with Crippen LogP contribution in [0.3, 0.4) is 0 Å². The van der Waals surface area contributed by atoms with E-state index in [0.29, 0.717) is 19.6 Å². The molecular formula is C16H26N2O2. The third kappa shape index (κ3) is 4.53. The van der Waals surface area contributed by atoms with Gasteiger partial charge in [0.05, 0.1) is 18.6 Å². The molecule has 1 aromatic rings. The number of benzene rings is 1. The van der Waals surface area contributed by atoms with Gasteiger partial charge in [0.15, 0.2) is 0 Å². The summed E-state index contributed by atoms with van der Waals surface area (Å²) in [5, 5.41) is 3.04. The minimum Gasteiger partial charge on any atom is -0.494 e. The number of hydrogen-bond donors (Lipinski definition) is 2. The fourth-order valence-corrected chi connectivity index (χ4v) is 1.85. The van der Waals surface area contributed by atoms with Gasteiger partial charge >= 0.3 is 0 Å². The summed E-state index contributed by atoms with van der Waals surface area (Å²) in [5.41, 5.74) is 6.38. The maximum absolute atomic E-state index is 12.1. The Hall–Kier alpha value is -1.55. The van der Waals surface area contributed by atoms with E-state index in [9.17, 15) is 4.79 Å². The molecule has 0 aliphatic rings. The van der Waals surface area contributed by atoms with Crippen LogP contribution in [0.5, 0.6) is 5.75 Å². The Bertz CT molecular complexity index is 429. The summed E-state index contributed by atoms with van der Waals surface area (Å²) < 4.78 is 5.38. The Morgan fingerprint density at radius 2 is 1.95 bits per heavy atom. The molecule has 1 amide bonds. The van der Waals surface area contributed by atoms with Gasteiger partial charge in [-0.15, -0.1) is 0 Å². The fourth-order valence-electron chi connectivity index (χ4n) is 1.85. The highest BCUT2D eigenvalue weighted by Crippen LogP contribution is 2.16. The summed E-state index contributed by atoms with van der Waals surface area (Å²) in [6.45, 7) is 9.12. The molecule has 0 aromatic heterocycles. The summed E-state index contributed by atoms with van der Waals surface area (Å²) in [4.78, 5) is 12.1. The van der Waals surface area contributed by atoms with Crippen molar-refractivity contribution in [1.82, 2.24) is 5.32 Å². The second-order valence-corrected chi connectivity index (χ2v) is 5.58. The van der Waals surface area contributed by atoms with Crippen molar-refractivity contribution < 1.29 is 9.53 Å². The van der Waals surface area contributed by atoms with Crippen LogP contribution < -0.4 is 15.8 Å². The molecule has 1 aromatic carbocycles. The highest BCUT2D eigenvalue weighted by molar-refractivity contribution is 5.79. The van der Waals surface area contributed by atoms with Crippen molar-refractivity contribution in [2.75, 3.05) is 13.2 Å². The van der Waals surface area contributed by atoms with Gasteiger partial charge in [0.25, 0.3) is 0 Å². The van der Waals surface area contributed by atoms with Gasteiger partial charge in [-0.05, 0) is 37.5 Å². The molecule has 0 spiro atoms. The number of nitrogens with one attached hydrogen (secondary N) is 1. The minimum atomic E-state index is -0.359. The van der Waals surface area contributed by atoms with Crippen molar-refractivity contribution in [3.8, 4) is 5.75 Å². The first-order valence-corrected chi connectivity index (χ1v) is 7.14. The van der Waals surface area contributed by atoms with Crippen molar-refractivity contribution in [1.29, 1.82) is 0 Å². The lowest BCUT2D eigenvalue weighted by molar-refractivity contribution is -0.122. The minimum absolute atomic E-state index is 0.00388. The average Bonchev–Trinajstić information content (AvgIpc) is 2.40. The summed E-state index contributed by atoms with van der Waals surface area (Å²) in [5.74, 6) is 1.11. The number of ether oxygens (including phenoxy) is 1. The van der Waals surface area contributed by atoms with E-state index >= 15 is 0 Å². The first-order chi connectivity index (χ1) is 9.41. The van der Waals surface area contributed by atoms with Crippen LogP contribution in [-0.2, 0) is 11.2 Å². The van der Waals surface area contributed by atoms with Crippen LogP contribution in [0.25, 0.3) is 0 Å². The third-order valence-electron chi connectivity index (χ3n) is 3.72. The Morgan fingerprint density at radius 1 is 1.35 bits per heavy atom. The zero-order valence-corrected chi connectivity index (χ0v) is 12.9. The second kappa shape index (κ2) is 7.29. The molecule has 0 aliphatic heterocycles. The quantitative estimate of drug-likeness (QED) is 0.803. The monoisotopic (exact) mass is 278 g/mol. The molecule has 4 heteroatoms. The van der Waals surface area contributed by atoms with Gasteiger partial charge in [-0.1, -0.05) is 26.0 Å². The van der Waals surface area contributed by atoms with E-state index in [4.69, 9.17) is 10.5 Å². The summed E-state index contributed by atoms with van der Waals surface area (Å²) in [6, 6.07) is 7.60. The van der Waals surface area contributed by atoms with Gasteiger partial charge in [-0.2, -0.15) is 0 Å². The van der Waals surface area contributed by atoms with E-state index in [2.05, 4.69) is 19.2 Å². The third-order valence-corrected chi connectivity index (χ3v) is 3.72. The highest BCUT2D eigenvalue weighted by Gasteiger charge is 2.28. The lowest BCUT2D eigenvalue weighted by Crippen LogP contribution is -2.55. The second-order valence-electron chi connectivity index (χ2n) is 5.58. The van der Waals surface area contributed by atoms with Crippen LogP contribution in [-0.4, -0.2) is 24.6 Å². The van der Waals surface area contributed by atoms with Crippen molar-refractivity contribution in [2.45, 2.75) is 39.7 Å². The van der Waals surface area contributed by atoms with E-state index in [-0.39, 0.29) is 17.4 Å². The van der Waals surface area contributed by atoms with Crippen LogP contribution >= 0.6 is 0 Å². The molecule has 1 rings (SSSR count). The van der Waals surface area contributed by atoms with Crippen molar-refractivity contribution >= 4 is 5.91 Å². The van der Waals surface area contributed by atoms with Crippen LogP contribution in [0, 0.1) is 5.92 Å². The van der Waals surface area contributed by atoms with E-state index in [1.54, 1.807) is 0 Å². The molecule has 1 atom stereocenters. The van der Waals surface area contributed by atoms with Crippen LogP contribution in [0.2, 0.25) is 0 Å². The van der Waals surface area contributed by atoms with Crippen molar-refractivity contribution in [3.05, 3.63) is 29.8 Å². The Morgan fingerprint density at radius 3 is 2.40 bits per heavy atom. The van der Waals surface area contributed by atoms with Gasteiger partial charge in [0.2, 0.25) is 5.91 Å². The summed E-state index contributed by atoms with van der Waals surface area (Å²) in [6.07, 6.45) is 0.356. The van der Waals surface area contributed by atoms with Gasteiger partial charge in [-0.25, -0.2) is 0 Å². The Balaban J connectivity index is 2.62.